The van der Waals surface area contributed by atoms with Gasteiger partial charge in [-0.1, -0.05) is 44.2 Å². The van der Waals surface area contributed by atoms with E-state index in [1.807, 2.05) is 44.2 Å². The van der Waals surface area contributed by atoms with Gasteiger partial charge in [0, 0.05) is 23.6 Å². The predicted octanol–water partition coefficient (Wildman–Crippen LogP) is 2.87. The molecule has 0 saturated carbocycles. The fourth-order valence-electron chi connectivity index (χ4n) is 2.26. The first-order chi connectivity index (χ1) is 9.01. The summed E-state index contributed by atoms with van der Waals surface area (Å²) in [5.41, 5.74) is 6.94. The minimum Gasteiger partial charge on any atom is -0.496 e. The molecule has 0 saturated heterocycles. The van der Waals surface area contributed by atoms with Gasteiger partial charge < -0.3 is 15.6 Å². The van der Waals surface area contributed by atoms with Crippen molar-refractivity contribution in [1.82, 2.24) is 0 Å². The van der Waals surface area contributed by atoms with Crippen LogP contribution in [-0.2, 0) is 0 Å². The third-order valence-corrected chi connectivity index (χ3v) is 3.71. The first-order valence-electron chi connectivity index (χ1n) is 6.43. The van der Waals surface area contributed by atoms with Gasteiger partial charge in [0.05, 0.1) is 7.11 Å². The number of hydrogen-bond donors (Lipinski definition) is 2. The number of fused-ring (bicyclic) bond motifs is 1. The zero-order valence-electron chi connectivity index (χ0n) is 11.7. The largest absolute Gasteiger partial charge is 0.496 e. The Balaban J connectivity index is 2.69. The van der Waals surface area contributed by atoms with Crippen LogP contribution in [0, 0.1) is 5.41 Å². The van der Waals surface area contributed by atoms with E-state index in [2.05, 4.69) is 6.07 Å². The number of nitrogens with two attached hydrogens (primary N) is 1. The summed E-state index contributed by atoms with van der Waals surface area (Å²) in [5.74, 6) is 0.771. The Morgan fingerprint density at radius 3 is 2.53 bits per heavy atom. The van der Waals surface area contributed by atoms with Crippen molar-refractivity contribution in [1.29, 1.82) is 0 Å². The molecule has 2 aromatic rings. The van der Waals surface area contributed by atoms with E-state index in [9.17, 15) is 5.11 Å². The highest BCUT2D eigenvalue weighted by molar-refractivity contribution is 5.88. The normalized spacial score (nSPS) is 13.5. The number of methoxy groups -OCH3 is 1. The summed E-state index contributed by atoms with van der Waals surface area (Å²) in [7, 11) is 1.65. The molecule has 0 aliphatic heterocycles. The molecule has 0 radical (unpaired) electrons. The molecule has 3 N–H and O–H groups in total. The van der Waals surface area contributed by atoms with Crippen molar-refractivity contribution in [3.8, 4) is 5.75 Å². The van der Waals surface area contributed by atoms with Gasteiger partial charge in [0.25, 0.3) is 0 Å². The maximum Gasteiger partial charge on any atom is 0.124 e. The van der Waals surface area contributed by atoms with Crippen LogP contribution in [-0.4, -0.2) is 18.8 Å². The summed E-state index contributed by atoms with van der Waals surface area (Å²) >= 11 is 0. The van der Waals surface area contributed by atoms with Gasteiger partial charge in [-0.2, -0.15) is 0 Å². The molecule has 19 heavy (non-hydrogen) atoms. The summed E-state index contributed by atoms with van der Waals surface area (Å²) < 4.78 is 5.45. The van der Waals surface area contributed by atoms with Gasteiger partial charge in [-0.3, -0.25) is 0 Å². The van der Waals surface area contributed by atoms with Crippen molar-refractivity contribution >= 4 is 10.8 Å². The standard InChI is InChI=1S/C16H21NO2/c1-16(2,10-18)15(17)14-12-7-5-4-6-11(12)8-9-13(14)19-3/h4-9,15,18H,10,17H2,1-3H3/t15-/m1/s1. The topological polar surface area (TPSA) is 55.5 Å². The van der Waals surface area contributed by atoms with Crippen LogP contribution in [0.1, 0.15) is 25.5 Å². The van der Waals surface area contributed by atoms with Gasteiger partial charge in [0.1, 0.15) is 5.75 Å². The van der Waals surface area contributed by atoms with Crippen LogP contribution < -0.4 is 10.5 Å². The van der Waals surface area contributed by atoms with Crippen molar-refractivity contribution in [3.05, 3.63) is 42.0 Å². The Morgan fingerprint density at radius 1 is 1.21 bits per heavy atom. The molecule has 0 amide bonds. The van der Waals surface area contributed by atoms with Crippen LogP contribution in [0.5, 0.6) is 5.75 Å². The van der Waals surface area contributed by atoms with Crippen LogP contribution >= 0.6 is 0 Å². The van der Waals surface area contributed by atoms with Crippen LogP contribution in [0.25, 0.3) is 10.8 Å². The third-order valence-electron chi connectivity index (χ3n) is 3.71. The van der Waals surface area contributed by atoms with Gasteiger partial charge >= 0.3 is 0 Å². The third kappa shape index (κ3) is 2.44. The van der Waals surface area contributed by atoms with Gasteiger partial charge in [-0.15, -0.1) is 0 Å². The molecule has 3 heteroatoms. The Kier molecular flexibility index (Phi) is 3.78. The molecule has 1 atom stereocenters. The second kappa shape index (κ2) is 5.19. The number of rotatable bonds is 4. The van der Waals surface area contributed by atoms with Crippen LogP contribution in [0.4, 0.5) is 0 Å². The molecule has 2 rings (SSSR count). The van der Waals surface area contributed by atoms with E-state index in [4.69, 9.17) is 10.5 Å². The van der Waals surface area contributed by atoms with Crippen LogP contribution in [0.3, 0.4) is 0 Å². The first-order valence-corrected chi connectivity index (χ1v) is 6.43. The SMILES string of the molecule is COc1ccc2ccccc2c1[C@@H](N)C(C)(C)CO. The van der Waals surface area contributed by atoms with Gasteiger partial charge in [0.15, 0.2) is 0 Å². The quantitative estimate of drug-likeness (QED) is 0.887. The maximum atomic E-state index is 9.54. The molecular weight excluding hydrogens is 238 g/mol. The molecule has 0 unspecified atom stereocenters. The van der Waals surface area contributed by atoms with E-state index >= 15 is 0 Å². The second-order valence-corrected chi connectivity index (χ2v) is 5.53. The minimum atomic E-state index is -0.405. The first kappa shape index (κ1) is 13.8. The van der Waals surface area contributed by atoms with E-state index in [1.54, 1.807) is 7.11 Å². The number of hydrogen-bond acceptors (Lipinski definition) is 3. The zero-order valence-corrected chi connectivity index (χ0v) is 11.7. The molecule has 0 aromatic heterocycles. The fourth-order valence-corrected chi connectivity index (χ4v) is 2.26. The zero-order chi connectivity index (χ0) is 14.0. The second-order valence-electron chi connectivity index (χ2n) is 5.53. The van der Waals surface area contributed by atoms with Crippen molar-refractivity contribution in [3.63, 3.8) is 0 Å². The fraction of sp³-hybridized carbons (Fsp3) is 0.375. The van der Waals surface area contributed by atoms with Crippen molar-refractivity contribution in [2.24, 2.45) is 11.1 Å². The van der Waals surface area contributed by atoms with E-state index in [0.29, 0.717) is 0 Å². The highest BCUT2D eigenvalue weighted by Crippen LogP contribution is 2.39. The van der Waals surface area contributed by atoms with Crippen LogP contribution in [0.15, 0.2) is 36.4 Å². The average Bonchev–Trinajstić information content (AvgIpc) is 2.45. The summed E-state index contributed by atoms with van der Waals surface area (Å²) in [6, 6.07) is 11.8. The number of benzene rings is 2. The Morgan fingerprint density at radius 2 is 1.89 bits per heavy atom. The maximum absolute atomic E-state index is 9.54. The lowest BCUT2D eigenvalue weighted by Crippen LogP contribution is -2.32. The highest BCUT2D eigenvalue weighted by Gasteiger charge is 2.30. The number of aliphatic hydroxyl groups excluding tert-OH is 1. The molecule has 0 heterocycles. The predicted molar refractivity (Wildman–Crippen MR) is 78.3 cm³/mol. The average molecular weight is 259 g/mol. The minimum absolute atomic E-state index is 0.0283. The molecule has 0 aliphatic carbocycles. The summed E-state index contributed by atoms with van der Waals surface area (Å²) in [5, 5.41) is 11.7. The van der Waals surface area contributed by atoms with Crippen molar-refractivity contribution < 1.29 is 9.84 Å². The van der Waals surface area contributed by atoms with Gasteiger partial charge in [0.2, 0.25) is 0 Å². The molecule has 2 aromatic carbocycles. The van der Waals surface area contributed by atoms with E-state index < -0.39 is 5.41 Å². The highest BCUT2D eigenvalue weighted by atomic mass is 16.5. The van der Waals surface area contributed by atoms with E-state index in [0.717, 1.165) is 22.1 Å². The van der Waals surface area contributed by atoms with Gasteiger partial charge in [-0.25, -0.2) is 0 Å². The number of aliphatic hydroxyl groups is 1. The molecule has 0 spiro atoms. The Labute approximate surface area is 114 Å². The lowest BCUT2D eigenvalue weighted by atomic mass is 9.80. The molecule has 3 nitrogen and oxygen atoms in total. The Hall–Kier alpha value is -1.58. The summed E-state index contributed by atoms with van der Waals surface area (Å²) in [6.45, 7) is 3.94. The van der Waals surface area contributed by atoms with Crippen molar-refractivity contribution in [2.75, 3.05) is 13.7 Å². The van der Waals surface area contributed by atoms with Crippen molar-refractivity contribution in [2.45, 2.75) is 19.9 Å². The van der Waals surface area contributed by atoms with E-state index in [-0.39, 0.29) is 12.6 Å². The molecule has 0 bridgehead atoms. The lowest BCUT2D eigenvalue weighted by molar-refractivity contribution is 0.131. The smallest absolute Gasteiger partial charge is 0.124 e. The molecule has 0 aliphatic rings. The summed E-state index contributed by atoms with van der Waals surface area (Å²) in [4.78, 5) is 0. The van der Waals surface area contributed by atoms with Gasteiger partial charge in [-0.05, 0) is 16.8 Å². The molecule has 102 valence electrons. The molecule has 0 fully saturated rings. The summed E-state index contributed by atoms with van der Waals surface area (Å²) in [6.07, 6.45) is 0. The number of ether oxygens (including phenoxy) is 1. The monoisotopic (exact) mass is 259 g/mol. The molecular formula is C16H21NO2. The van der Waals surface area contributed by atoms with E-state index in [1.165, 1.54) is 0 Å². The lowest BCUT2D eigenvalue weighted by Gasteiger charge is -2.31. The van der Waals surface area contributed by atoms with Crippen LogP contribution in [0.2, 0.25) is 0 Å². The Bertz CT molecular complexity index is 578.